The third-order valence-corrected chi connectivity index (χ3v) is 21.0. The van der Waals surface area contributed by atoms with Crippen molar-refractivity contribution in [3.8, 4) is 12.1 Å². The van der Waals surface area contributed by atoms with Crippen LogP contribution in [0, 0.1) is 70.2 Å². The Morgan fingerprint density at radius 1 is 0.553 bits per heavy atom. The fourth-order valence-electron chi connectivity index (χ4n) is 12.4. The Morgan fingerprint density at radius 3 is 1.61 bits per heavy atom. The summed E-state index contributed by atoms with van der Waals surface area (Å²) in [5.41, 5.74) is 37.3. The Labute approximate surface area is 778 Å². The Bertz CT molecular complexity index is 6290. The van der Waals surface area contributed by atoms with Crippen molar-refractivity contribution in [2.24, 2.45) is 11.5 Å². The van der Waals surface area contributed by atoms with Gasteiger partial charge in [0.25, 0.3) is 11.4 Å². The number of rotatable bonds is 28. The summed E-state index contributed by atoms with van der Waals surface area (Å²) in [6.07, 6.45) is 16.7. The van der Waals surface area contributed by atoms with Crippen LogP contribution in [-0.2, 0) is 89.4 Å². The largest absolute Gasteiger partial charge is 0.481 e. The number of H-pyrrole nitrogens is 2. The number of halogens is 1. The molecular weight excluding hydrogens is 1740 g/mol. The lowest BCUT2D eigenvalue weighted by Crippen LogP contribution is -2.28. The molecule has 0 radical (unpaired) electrons. The normalized spacial score (nSPS) is 10.3. The summed E-state index contributed by atoms with van der Waals surface area (Å²) in [5.74, 6) is -0.335. The van der Waals surface area contributed by atoms with E-state index in [1.54, 1.807) is 81.0 Å². The van der Waals surface area contributed by atoms with E-state index in [-0.39, 0.29) is 96.2 Å². The van der Waals surface area contributed by atoms with Gasteiger partial charge in [0, 0.05) is 82.0 Å². The van der Waals surface area contributed by atoms with Gasteiger partial charge in [-0.05, 0) is 152 Å². The quantitative estimate of drug-likeness (QED) is 0.00414. The maximum Gasteiger partial charge on any atom is 0.307 e. The number of alkyl halides is 1. The number of nitriles is 2. The minimum absolute atomic E-state index is 0. The monoisotopic (exact) mass is 1840 g/mol. The van der Waals surface area contributed by atoms with Crippen molar-refractivity contribution in [1.82, 2.24) is 66.1 Å². The van der Waals surface area contributed by atoms with E-state index in [0.717, 1.165) is 156 Å². The number of hydrogen-bond donors (Lipinski definition) is 10. The van der Waals surface area contributed by atoms with Crippen molar-refractivity contribution in [2.75, 3.05) is 22.1 Å². The maximum atomic E-state index is 12.5. The molecule has 0 bridgehead atoms. The SMILES string of the molecule is C.C.C.C.Cc1c(CC#N)cccc1[N+](=O)[O-].Cc1c(CCl)cccc1[N+](=O)[O-].Cc1c(N)cccc1CC#N.N/C(=C\C=C(/N)NC(=O)Cc1ccccc1)CCCCc1nnc(N)s1.O=C(Cc1ccccc1)Nc1ccc(CCCCc2nnc(NC(=O)Cc3cccc4[nH]ncc34)s2)nn1.O=C(O)Cc1cccc2[nH]ncc12.[C-]#[N+]Cc1cccc2c1cnn2C(C)=O. The molecule has 14 N–H and O–H groups in total. The topological polar surface area (TPSA) is 536 Å². The number of allylic oxidation sites excluding steroid dienone is 3. The molecule has 132 heavy (non-hydrogen) atoms. The third kappa shape index (κ3) is 35.4. The molecule has 8 aromatic carbocycles. The second-order valence-electron chi connectivity index (χ2n) is 28.2. The first kappa shape index (κ1) is 108. The highest BCUT2D eigenvalue weighted by atomic mass is 35.5. The molecule has 14 rings (SSSR count). The molecule has 0 aliphatic heterocycles. The number of amides is 3. The lowest BCUT2D eigenvalue weighted by Gasteiger charge is -2.05. The van der Waals surface area contributed by atoms with Crippen LogP contribution in [0.5, 0.6) is 0 Å². The zero-order valence-corrected chi connectivity index (χ0v) is 72.7. The van der Waals surface area contributed by atoms with Gasteiger partial charge in [-0.2, -0.15) is 30.9 Å². The number of carboxylic acids is 1. The maximum absolute atomic E-state index is 12.5. The fourth-order valence-corrected chi connectivity index (χ4v) is 14.1. The molecule has 0 spiro atoms. The summed E-state index contributed by atoms with van der Waals surface area (Å²) in [7, 11) is 0. The van der Waals surface area contributed by atoms with E-state index in [9.17, 15) is 44.2 Å². The lowest BCUT2D eigenvalue weighted by atomic mass is 10.0. The molecule has 0 unspecified atom stereocenters. The number of nitrogens with two attached hydrogens (primary N) is 4. The molecule has 0 atom stereocenters. The number of unbranched alkanes of at least 4 members (excludes halogenated alkanes) is 2. The highest BCUT2D eigenvalue weighted by Crippen LogP contribution is 2.27. The molecule has 6 heterocycles. The van der Waals surface area contributed by atoms with E-state index in [2.05, 4.69) is 83.0 Å². The zero-order chi connectivity index (χ0) is 92.3. The predicted molar refractivity (Wildman–Crippen MR) is 521 cm³/mol. The van der Waals surface area contributed by atoms with Gasteiger partial charge < -0.3 is 48.8 Å². The third-order valence-electron chi connectivity index (χ3n) is 19.0. The Kier molecular flexibility index (Phi) is 46.9. The van der Waals surface area contributed by atoms with Crippen LogP contribution in [0.1, 0.15) is 150 Å². The number of nitro benzene ring substituents is 2. The number of anilines is 4. The highest BCUT2D eigenvalue weighted by Gasteiger charge is 2.18. The number of aromatic nitrogens is 12. The molecule has 0 fully saturated rings. The number of nitro groups is 2. The number of fused-ring (bicyclic) bond motifs is 3. The van der Waals surface area contributed by atoms with E-state index < -0.39 is 15.8 Å². The fraction of sp³-hybridized carbons (Fsp3) is 0.253. The van der Waals surface area contributed by atoms with Crippen molar-refractivity contribution in [3.63, 3.8) is 0 Å². The summed E-state index contributed by atoms with van der Waals surface area (Å²) in [6.45, 7) is 13.9. The summed E-state index contributed by atoms with van der Waals surface area (Å²) in [6, 6.07) is 58.9. The van der Waals surface area contributed by atoms with Crippen LogP contribution in [0.25, 0.3) is 37.6 Å². The highest BCUT2D eigenvalue weighted by molar-refractivity contribution is 7.15. The number of hydrogen-bond acceptors (Lipinski definition) is 26. The molecule has 34 nitrogen and oxygen atoms in total. The van der Waals surface area contributed by atoms with Crippen molar-refractivity contribution in [3.05, 3.63) is 333 Å². The average Bonchev–Trinajstić information content (AvgIpc) is 1.66. The van der Waals surface area contributed by atoms with Gasteiger partial charge in [0.2, 0.25) is 40.4 Å². The van der Waals surface area contributed by atoms with Gasteiger partial charge in [0.1, 0.15) is 15.8 Å². The Morgan fingerprint density at radius 2 is 1.06 bits per heavy atom. The summed E-state index contributed by atoms with van der Waals surface area (Å²) >= 11 is 8.39. The van der Waals surface area contributed by atoms with E-state index in [1.165, 1.54) is 46.4 Å². The number of aliphatic carboxylic acids is 1. The van der Waals surface area contributed by atoms with Crippen LogP contribution in [0.15, 0.2) is 224 Å². The van der Waals surface area contributed by atoms with Gasteiger partial charge in [-0.15, -0.1) is 37.1 Å². The number of carboxylic acid groups (broad SMARTS) is 1. The zero-order valence-electron chi connectivity index (χ0n) is 70.4. The number of nitrogens with one attached hydrogen (secondary N) is 5. The number of aryl methyl sites for hydroxylation is 3. The van der Waals surface area contributed by atoms with Gasteiger partial charge in [-0.1, -0.05) is 186 Å². The van der Waals surface area contributed by atoms with Gasteiger partial charge in [0.05, 0.1) is 101 Å². The number of nitrogens with zero attached hydrogens (tertiary/aromatic N) is 15. The van der Waals surface area contributed by atoms with Gasteiger partial charge in [-0.3, -0.25) is 54.4 Å². The average molecular weight is 1850 g/mol. The van der Waals surface area contributed by atoms with Crippen LogP contribution in [0.4, 0.5) is 33.1 Å². The number of carbonyl (C=O) groups excluding carboxylic acids is 4. The molecule has 14 aromatic rings. The van der Waals surface area contributed by atoms with Crippen LogP contribution < -0.4 is 38.9 Å². The molecule has 3 amide bonds. The minimum atomic E-state index is -0.825. The van der Waals surface area contributed by atoms with E-state index in [4.69, 9.17) is 56.7 Å². The van der Waals surface area contributed by atoms with Crippen molar-refractivity contribution < 1.29 is 38.9 Å². The summed E-state index contributed by atoms with van der Waals surface area (Å²) < 4.78 is 1.35. The minimum Gasteiger partial charge on any atom is -0.481 e. The predicted octanol–water partition coefficient (Wildman–Crippen LogP) is 18.1. The van der Waals surface area contributed by atoms with Crippen LogP contribution in [0.3, 0.4) is 0 Å². The van der Waals surface area contributed by atoms with Crippen molar-refractivity contribution in [1.29, 1.82) is 10.5 Å². The summed E-state index contributed by atoms with van der Waals surface area (Å²) in [4.78, 5) is 81.8. The first-order valence-electron chi connectivity index (χ1n) is 39.8. The standard InChI is InChI=1S/C27H26N8O2S.C18H24N6OS.C11H9N3O.2C9H8N2O2.C9H10N2.C8H8ClNO2.4CH4/c36-24(15-18-7-2-1-3-8-18)29-23-14-13-20(31-33-23)10-4-5-12-26-34-35-27(38-26)30-25(37)16-19-9-6-11-22-21(19)17-28-32-22;19-14(8-4-5-9-17-23-24-18(21)26-17)10-11-15(20)22-16(25)12-13-6-2-1-3-7-13;1-8(15)14-11-5-3-4-9(6-12-2)10(11)7-13-14;12-9(13)4-6-2-1-3-8-7(6)5-10-11-8;1-7-8(5-6-10)3-2-4-9(7)11(12)13;1-7-8(5-6-10)3-2-4-9(7)11;1-6-7(5-9)3-2-4-8(6)10(11)12;;;;/h1-3,6-9,11,13-14,17H,4-5,10,12,15-16H2,(H,28,32)(H,29,33,36)(H,30,35,37);1-3,6-7,10-11H,4-5,8-9,12,19-20H2,(H2,21,24)(H,22,25);3-5,7H,6H2,1H3;1-3,5H,4H2,(H,10,11)(H,12,13);2-4H,5H2,1H3;2-4H,5,11H2,1H3;2-4H,5H2,1H3;4*1H4/b;14-10-,15-11+;;;;;;;;;. The van der Waals surface area contributed by atoms with E-state index in [0.29, 0.717) is 58.2 Å². The molecule has 0 saturated carbocycles. The first-order valence-corrected chi connectivity index (χ1v) is 42.0. The van der Waals surface area contributed by atoms with Crippen molar-refractivity contribution >= 4 is 130 Å². The first-order chi connectivity index (χ1) is 61.7. The van der Waals surface area contributed by atoms with Crippen LogP contribution in [-0.4, -0.2) is 105 Å². The molecular formula is C95H109ClN24O10S2. The molecule has 6 aromatic heterocycles. The van der Waals surface area contributed by atoms with Crippen LogP contribution >= 0.6 is 34.3 Å². The Hall–Kier alpha value is -15.8. The molecule has 688 valence electrons. The number of nitrogen functional groups attached to an aromatic ring is 2. The van der Waals surface area contributed by atoms with Gasteiger partial charge >= 0.3 is 5.97 Å². The molecule has 0 aliphatic carbocycles. The van der Waals surface area contributed by atoms with Crippen LogP contribution in [0.2, 0.25) is 0 Å². The van der Waals surface area contributed by atoms with E-state index >= 15 is 0 Å². The Balaban J connectivity index is 0.000000339. The second-order valence-corrected chi connectivity index (χ2v) is 30.7. The van der Waals surface area contributed by atoms with Gasteiger partial charge in [0.15, 0.2) is 5.82 Å². The smallest absolute Gasteiger partial charge is 0.307 e. The molecule has 0 aliphatic rings. The van der Waals surface area contributed by atoms with E-state index in [1.807, 2.05) is 146 Å². The van der Waals surface area contributed by atoms with Crippen molar-refractivity contribution in [2.45, 2.75) is 160 Å². The summed E-state index contributed by atoms with van der Waals surface area (Å²) in [5, 5.41) is 102. The van der Waals surface area contributed by atoms with Gasteiger partial charge in [-0.25, -0.2) is 11.3 Å². The molecule has 37 heteroatoms. The second kappa shape index (κ2) is 57.1. The lowest BCUT2D eigenvalue weighted by molar-refractivity contribution is -0.385. The number of aromatic amines is 2. The number of benzene rings is 8. The number of carbonyl (C=O) groups is 5. The molecule has 0 saturated heterocycles.